The highest BCUT2D eigenvalue weighted by molar-refractivity contribution is 9.10. The largest absolute Gasteiger partial charge is 0.308 e. The van der Waals surface area contributed by atoms with Gasteiger partial charge < -0.3 is 4.90 Å². The third-order valence-electron chi connectivity index (χ3n) is 2.61. The molecular formula is C11H21BrN4. The van der Waals surface area contributed by atoms with Crippen molar-refractivity contribution < 1.29 is 0 Å². The maximum atomic E-state index is 4.39. The van der Waals surface area contributed by atoms with Gasteiger partial charge in [0.2, 0.25) is 0 Å². The van der Waals surface area contributed by atoms with E-state index in [9.17, 15) is 0 Å². The molecule has 0 aliphatic rings. The van der Waals surface area contributed by atoms with Crippen molar-refractivity contribution in [3.05, 3.63) is 15.9 Å². The zero-order valence-electron chi connectivity index (χ0n) is 10.8. The molecule has 0 spiro atoms. The van der Waals surface area contributed by atoms with Crippen LogP contribution in [-0.4, -0.2) is 53.8 Å². The van der Waals surface area contributed by atoms with Crippen LogP contribution >= 0.6 is 15.9 Å². The molecule has 0 fully saturated rings. The van der Waals surface area contributed by atoms with Gasteiger partial charge in [-0.1, -0.05) is 0 Å². The predicted octanol–water partition coefficient (Wildman–Crippen LogP) is 1.48. The van der Waals surface area contributed by atoms with Crippen molar-refractivity contribution in [1.82, 2.24) is 19.6 Å². The summed E-state index contributed by atoms with van der Waals surface area (Å²) in [6, 6.07) is 0. The highest BCUT2D eigenvalue weighted by atomic mass is 79.9. The number of hydrogen-bond donors (Lipinski definition) is 0. The molecule has 1 aromatic rings. The maximum absolute atomic E-state index is 4.39. The number of aromatic nitrogens is 2. The summed E-state index contributed by atoms with van der Waals surface area (Å²) in [6.45, 7) is 5.08. The second kappa shape index (κ2) is 5.80. The van der Waals surface area contributed by atoms with Crippen molar-refractivity contribution in [2.24, 2.45) is 7.05 Å². The third-order valence-corrected chi connectivity index (χ3v) is 3.64. The van der Waals surface area contributed by atoms with E-state index in [2.05, 4.69) is 52.0 Å². The van der Waals surface area contributed by atoms with Gasteiger partial charge in [0, 0.05) is 26.7 Å². The molecule has 92 valence electrons. The topological polar surface area (TPSA) is 24.3 Å². The smallest absolute Gasteiger partial charge is 0.0739 e. The summed E-state index contributed by atoms with van der Waals surface area (Å²) >= 11 is 3.59. The van der Waals surface area contributed by atoms with Gasteiger partial charge in [-0.3, -0.25) is 9.58 Å². The second-order valence-corrected chi connectivity index (χ2v) is 5.30. The van der Waals surface area contributed by atoms with Gasteiger partial charge in [0.15, 0.2) is 0 Å². The Morgan fingerprint density at radius 3 is 2.31 bits per heavy atom. The van der Waals surface area contributed by atoms with Crippen LogP contribution in [0.15, 0.2) is 4.47 Å². The van der Waals surface area contributed by atoms with Crippen LogP contribution in [0, 0.1) is 6.92 Å². The first-order valence-corrected chi connectivity index (χ1v) is 6.22. The van der Waals surface area contributed by atoms with Crippen LogP contribution in [0.2, 0.25) is 0 Å². The molecule has 0 amide bonds. The van der Waals surface area contributed by atoms with Crippen molar-refractivity contribution in [3.8, 4) is 0 Å². The van der Waals surface area contributed by atoms with Crippen LogP contribution in [0.4, 0.5) is 0 Å². The summed E-state index contributed by atoms with van der Waals surface area (Å²) in [6.07, 6.45) is 0. The van der Waals surface area contributed by atoms with E-state index in [1.807, 2.05) is 18.7 Å². The summed E-state index contributed by atoms with van der Waals surface area (Å²) in [7, 11) is 8.32. The fraction of sp³-hybridized carbons (Fsp3) is 0.727. The van der Waals surface area contributed by atoms with E-state index in [1.165, 1.54) is 5.69 Å². The van der Waals surface area contributed by atoms with Gasteiger partial charge in [-0.25, -0.2) is 0 Å². The lowest BCUT2D eigenvalue weighted by atomic mass is 10.3. The average Bonchev–Trinajstić information content (AvgIpc) is 2.42. The molecule has 16 heavy (non-hydrogen) atoms. The molecule has 4 nitrogen and oxygen atoms in total. The number of halogens is 1. The molecule has 0 saturated carbocycles. The molecule has 0 saturated heterocycles. The van der Waals surface area contributed by atoms with Crippen LogP contribution in [-0.2, 0) is 13.6 Å². The Morgan fingerprint density at radius 2 is 1.88 bits per heavy atom. The molecule has 5 heteroatoms. The molecule has 0 atom stereocenters. The maximum Gasteiger partial charge on any atom is 0.0739 e. The molecule has 0 radical (unpaired) electrons. The minimum absolute atomic E-state index is 0.922. The van der Waals surface area contributed by atoms with Crippen LogP contribution in [0.3, 0.4) is 0 Å². The molecule has 0 aliphatic heterocycles. The highest BCUT2D eigenvalue weighted by Gasteiger charge is 2.12. The second-order valence-electron chi connectivity index (χ2n) is 4.51. The van der Waals surface area contributed by atoms with Crippen molar-refractivity contribution in [2.75, 3.05) is 34.2 Å². The minimum atomic E-state index is 0.922. The first-order chi connectivity index (χ1) is 7.41. The lowest BCUT2D eigenvalue weighted by Gasteiger charge is -2.19. The monoisotopic (exact) mass is 288 g/mol. The summed E-state index contributed by atoms with van der Waals surface area (Å²) < 4.78 is 3.08. The standard InChI is InChI=1S/C11H21BrN4/c1-9-11(12)10(16(5)13-9)8-15(4)7-6-14(2)3/h6-8H2,1-5H3. The van der Waals surface area contributed by atoms with Crippen molar-refractivity contribution in [1.29, 1.82) is 0 Å². The Balaban J connectivity index is 2.59. The van der Waals surface area contributed by atoms with E-state index in [-0.39, 0.29) is 0 Å². The SMILES string of the molecule is Cc1nn(C)c(CN(C)CCN(C)C)c1Br. The molecule has 1 rings (SSSR count). The molecule has 0 aliphatic carbocycles. The first kappa shape index (κ1) is 13.7. The number of hydrogen-bond acceptors (Lipinski definition) is 3. The van der Waals surface area contributed by atoms with Gasteiger partial charge in [-0.05, 0) is 44.0 Å². The van der Waals surface area contributed by atoms with Crippen LogP contribution in [0.1, 0.15) is 11.4 Å². The average molecular weight is 289 g/mol. The minimum Gasteiger partial charge on any atom is -0.308 e. The van der Waals surface area contributed by atoms with E-state index in [4.69, 9.17) is 0 Å². The van der Waals surface area contributed by atoms with E-state index in [1.54, 1.807) is 0 Å². The summed E-state index contributed by atoms with van der Waals surface area (Å²) in [5, 5.41) is 4.39. The van der Waals surface area contributed by atoms with E-state index >= 15 is 0 Å². The van der Waals surface area contributed by atoms with Crippen molar-refractivity contribution >= 4 is 15.9 Å². The summed E-state index contributed by atoms with van der Waals surface area (Å²) in [4.78, 5) is 4.50. The molecule has 0 bridgehead atoms. The van der Waals surface area contributed by atoms with Gasteiger partial charge in [-0.2, -0.15) is 5.10 Å². The fourth-order valence-electron chi connectivity index (χ4n) is 1.56. The van der Waals surface area contributed by atoms with Crippen molar-refractivity contribution in [2.45, 2.75) is 13.5 Å². The summed E-state index contributed by atoms with van der Waals surface area (Å²) in [5.41, 5.74) is 2.29. The van der Waals surface area contributed by atoms with Gasteiger partial charge in [0.1, 0.15) is 0 Å². The normalized spacial score (nSPS) is 11.8. The Morgan fingerprint density at radius 1 is 1.25 bits per heavy atom. The molecule has 0 unspecified atom stereocenters. The molecular weight excluding hydrogens is 268 g/mol. The van der Waals surface area contributed by atoms with E-state index < -0.39 is 0 Å². The Labute approximate surface area is 106 Å². The fourth-order valence-corrected chi connectivity index (χ4v) is 2.02. The molecule has 1 heterocycles. The zero-order valence-corrected chi connectivity index (χ0v) is 12.4. The highest BCUT2D eigenvalue weighted by Crippen LogP contribution is 2.21. The van der Waals surface area contributed by atoms with Gasteiger partial charge in [0.05, 0.1) is 15.9 Å². The predicted molar refractivity (Wildman–Crippen MR) is 70.5 cm³/mol. The quantitative estimate of drug-likeness (QED) is 0.820. The van der Waals surface area contributed by atoms with Crippen molar-refractivity contribution in [3.63, 3.8) is 0 Å². The Hall–Kier alpha value is -0.390. The molecule has 0 N–H and O–H groups in total. The number of likely N-dealkylation sites (N-methyl/N-ethyl adjacent to an activating group) is 2. The Kier molecular flexibility index (Phi) is 4.95. The zero-order chi connectivity index (χ0) is 12.3. The van der Waals surface area contributed by atoms with Gasteiger partial charge in [-0.15, -0.1) is 0 Å². The lowest BCUT2D eigenvalue weighted by molar-refractivity contribution is 0.270. The number of nitrogens with zero attached hydrogens (tertiary/aromatic N) is 4. The van der Waals surface area contributed by atoms with E-state index in [0.29, 0.717) is 0 Å². The van der Waals surface area contributed by atoms with Crippen LogP contribution in [0.5, 0.6) is 0 Å². The van der Waals surface area contributed by atoms with Crippen LogP contribution < -0.4 is 0 Å². The number of rotatable bonds is 5. The van der Waals surface area contributed by atoms with Gasteiger partial charge in [0.25, 0.3) is 0 Å². The van der Waals surface area contributed by atoms with Gasteiger partial charge >= 0.3 is 0 Å². The molecule has 0 aromatic carbocycles. The first-order valence-electron chi connectivity index (χ1n) is 5.43. The summed E-state index contributed by atoms with van der Waals surface area (Å²) in [5.74, 6) is 0. The molecule has 1 aromatic heterocycles. The van der Waals surface area contributed by atoms with Crippen LogP contribution in [0.25, 0.3) is 0 Å². The number of aryl methyl sites for hydroxylation is 2. The Bertz CT molecular complexity index is 346. The lowest BCUT2D eigenvalue weighted by Crippen LogP contribution is -2.29. The third kappa shape index (κ3) is 3.57. The van der Waals surface area contributed by atoms with E-state index in [0.717, 1.165) is 29.8 Å².